The van der Waals surface area contributed by atoms with Gasteiger partial charge in [-0.1, -0.05) is 13.3 Å². The van der Waals surface area contributed by atoms with E-state index in [0.717, 1.165) is 60.2 Å². The van der Waals surface area contributed by atoms with Crippen LogP contribution in [0.25, 0.3) is 10.2 Å². The zero-order valence-electron chi connectivity index (χ0n) is 15.0. The van der Waals surface area contributed by atoms with Crippen molar-refractivity contribution in [2.75, 3.05) is 43.4 Å². The molecule has 2 aromatic heterocycles. The number of aliphatic imine (C=N–C) groups is 1. The summed E-state index contributed by atoms with van der Waals surface area (Å²) in [5.74, 6) is 1.11. The number of fused-ring (bicyclic) bond motifs is 3. The number of aromatic nitrogens is 1. The molecule has 0 saturated carbocycles. The molecule has 0 amide bonds. The van der Waals surface area contributed by atoms with Gasteiger partial charge in [0.25, 0.3) is 0 Å². The molecule has 0 spiro atoms. The van der Waals surface area contributed by atoms with Gasteiger partial charge in [0.05, 0.1) is 16.9 Å². The van der Waals surface area contributed by atoms with E-state index in [1.54, 1.807) is 17.7 Å². The maximum atomic E-state index is 6.18. The van der Waals surface area contributed by atoms with Crippen LogP contribution < -0.4 is 16.0 Å². The van der Waals surface area contributed by atoms with Crippen LogP contribution in [0.4, 0.5) is 11.5 Å². The van der Waals surface area contributed by atoms with Crippen molar-refractivity contribution in [2.45, 2.75) is 32.4 Å². The molecular formula is C18H26N6S. The van der Waals surface area contributed by atoms with Crippen molar-refractivity contribution in [3.8, 4) is 0 Å². The molecule has 1 atom stereocenters. The first-order chi connectivity index (χ1) is 12.2. The molecule has 2 aliphatic heterocycles. The minimum Gasteiger partial charge on any atom is -0.355 e. The van der Waals surface area contributed by atoms with Gasteiger partial charge in [0, 0.05) is 25.0 Å². The Kier molecular flexibility index (Phi) is 4.62. The number of aryl methyl sites for hydroxylation is 1. The predicted octanol–water partition coefficient (Wildman–Crippen LogP) is 2.80. The number of nitrogens with two attached hydrogens (primary N) is 1. The minimum absolute atomic E-state index is 0.278. The SMILES string of the molecule is CCCc1cc(N2CCCN(C)CC2)nc2sc3c(c12)NC=NC3N. The summed E-state index contributed by atoms with van der Waals surface area (Å²) in [6.07, 6.45) is 4.79. The van der Waals surface area contributed by atoms with Crippen molar-refractivity contribution in [1.29, 1.82) is 0 Å². The molecule has 0 aromatic carbocycles. The molecule has 25 heavy (non-hydrogen) atoms. The van der Waals surface area contributed by atoms with Crippen molar-refractivity contribution in [3.63, 3.8) is 0 Å². The van der Waals surface area contributed by atoms with E-state index in [-0.39, 0.29) is 6.17 Å². The summed E-state index contributed by atoms with van der Waals surface area (Å²) in [5, 5.41) is 4.54. The van der Waals surface area contributed by atoms with Crippen LogP contribution in [-0.2, 0) is 6.42 Å². The van der Waals surface area contributed by atoms with E-state index in [0.29, 0.717) is 0 Å². The summed E-state index contributed by atoms with van der Waals surface area (Å²) in [6.45, 7) is 6.58. The van der Waals surface area contributed by atoms with Gasteiger partial charge < -0.3 is 20.9 Å². The fourth-order valence-electron chi connectivity index (χ4n) is 3.68. The highest BCUT2D eigenvalue weighted by Crippen LogP contribution is 2.42. The van der Waals surface area contributed by atoms with Gasteiger partial charge >= 0.3 is 0 Å². The van der Waals surface area contributed by atoms with Gasteiger partial charge in [-0.2, -0.15) is 0 Å². The number of thiophene rings is 1. The molecule has 6 nitrogen and oxygen atoms in total. The number of likely N-dealkylation sites (N-methyl/N-ethyl adjacent to an activating group) is 1. The molecule has 0 bridgehead atoms. The average molecular weight is 359 g/mol. The molecule has 1 saturated heterocycles. The standard InChI is InChI=1S/C18H26N6S/c1-3-5-12-10-13(24-7-4-6-23(2)8-9-24)22-18-14(12)15-16(25-18)17(19)21-11-20-15/h10-11,17H,3-9,19H2,1-2H3,(H,20,21). The summed E-state index contributed by atoms with van der Waals surface area (Å²) in [5.41, 5.74) is 8.66. The van der Waals surface area contributed by atoms with Crippen molar-refractivity contribution in [2.24, 2.45) is 10.7 Å². The lowest BCUT2D eigenvalue weighted by molar-refractivity contribution is 0.360. The van der Waals surface area contributed by atoms with E-state index in [1.807, 2.05) is 0 Å². The summed E-state index contributed by atoms with van der Waals surface area (Å²) < 4.78 is 0. The third-order valence-corrected chi connectivity index (χ3v) is 6.19. The number of hydrogen-bond donors (Lipinski definition) is 2. The van der Waals surface area contributed by atoms with E-state index in [2.05, 4.69) is 40.1 Å². The molecule has 3 N–H and O–H groups in total. The molecule has 0 aliphatic carbocycles. The van der Waals surface area contributed by atoms with Crippen LogP contribution in [0.15, 0.2) is 11.1 Å². The monoisotopic (exact) mass is 358 g/mol. The van der Waals surface area contributed by atoms with Gasteiger partial charge in [0.1, 0.15) is 16.8 Å². The average Bonchev–Trinajstić information content (AvgIpc) is 2.84. The maximum Gasteiger partial charge on any atom is 0.136 e. The summed E-state index contributed by atoms with van der Waals surface area (Å²) in [4.78, 5) is 16.3. The molecule has 0 radical (unpaired) electrons. The lowest BCUT2D eigenvalue weighted by atomic mass is 10.1. The Morgan fingerprint density at radius 3 is 3.04 bits per heavy atom. The van der Waals surface area contributed by atoms with E-state index >= 15 is 0 Å². The van der Waals surface area contributed by atoms with E-state index in [9.17, 15) is 0 Å². The summed E-state index contributed by atoms with van der Waals surface area (Å²) in [6, 6.07) is 2.29. The number of nitrogens with zero attached hydrogens (tertiary/aromatic N) is 4. The number of nitrogens with one attached hydrogen (secondary N) is 1. The van der Waals surface area contributed by atoms with Gasteiger partial charge in [0.2, 0.25) is 0 Å². The number of hydrogen-bond acceptors (Lipinski definition) is 7. The zero-order chi connectivity index (χ0) is 17.4. The van der Waals surface area contributed by atoms with Crippen molar-refractivity contribution >= 4 is 39.4 Å². The second-order valence-corrected chi connectivity index (χ2v) is 7.95. The van der Waals surface area contributed by atoms with Crippen LogP contribution in [-0.4, -0.2) is 49.4 Å². The van der Waals surface area contributed by atoms with Gasteiger partial charge in [-0.25, -0.2) is 4.98 Å². The van der Waals surface area contributed by atoms with Crippen LogP contribution in [0, 0.1) is 0 Å². The first-order valence-corrected chi connectivity index (χ1v) is 9.92. The molecule has 1 unspecified atom stereocenters. The normalized spacial score (nSPS) is 21.2. The smallest absolute Gasteiger partial charge is 0.136 e. The van der Waals surface area contributed by atoms with Crippen LogP contribution >= 0.6 is 11.3 Å². The fraction of sp³-hybridized carbons (Fsp3) is 0.556. The molecule has 4 rings (SSSR count). The molecule has 1 fully saturated rings. The van der Waals surface area contributed by atoms with E-state index in [4.69, 9.17) is 10.7 Å². The zero-order valence-corrected chi connectivity index (χ0v) is 15.8. The number of anilines is 2. The third kappa shape index (κ3) is 3.12. The fourth-order valence-corrected chi connectivity index (χ4v) is 4.81. The van der Waals surface area contributed by atoms with Gasteiger partial charge in [-0.3, -0.25) is 4.99 Å². The first-order valence-electron chi connectivity index (χ1n) is 9.11. The highest BCUT2D eigenvalue weighted by molar-refractivity contribution is 7.19. The van der Waals surface area contributed by atoms with Crippen LogP contribution in [0.3, 0.4) is 0 Å². The Bertz CT molecular complexity index is 798. The highest BCUT2D eigenvalue weighted by atomic mass is 32.1. The van der Waals surface area contributed by atoms with Gasteiger partial charge in [-0.05, 0) is 38.1 Å². The molecule has 2 aromatic rings. The van der Waals surface area contributed by atoms with Crippen LogP contribution in [0.1, 0.15) is 36.4 Å². The second-order valence-electron chi connectivity index (χ2n) is 6.92. The Morgan fingerprint density at radius 1 is 1.32 bits per heavy atom. The lowest BCUT2D eigenvalue weighted by Gasteiger charge is -2.22. The van der Waals surface area contributed by atoms with E-state index < -0.39 is 0 Å². The largest absolute Gasteiger partial charge is 0.355 e. The van der Waals surface area contributed by atoms with Gasteiger partial charge in [0.15, 0.2) is 0 Å². The Balaban J connectivity index is 1.79. The van der Waals surface area contributed by atoms with Crippen LogP contribution in [0.5, 0.6) is 0 Å². The van der Waals surface area contributed by atoms with Crippen LogP contribution in [0.2, 0.25) is 0 Å². The molecule has 134 valence electrons. The van der Waals surface area contributed by atoms with Crippen molar-refractivity contribution in [1.82, 2.24) is 9.88 Å². The number of pyridine rings is 1. The Labute approximate surface area is 152 Å². The molecule has 4 heterocycles. The summed E-state index contributed by atoms with van der Waals surface area (Å²) in [7, 11) is 2.20. The topological polar surface area (TPSA) is 69.8 Å². The minimum atomic E-state index is -0.278. The van der Waals surface area contributed by atoms with E-state index in [1.165, 1.54) is 17.4 Å². The lowest BCUT2D eigenvalue weighted by Crippen LogP contribution is -2.29. The number of rotatable bonds is 3. The third-order valence-electron chi connectivity index (χ3n) is 5.03. The molecule has 2 aliphatic rings. The highest BCUT2D eigenvalue weighted by Gasteiger charge is 2.24. The molecular weight excluding hydrogens is 332 g/mol. The van der Waals surface area contributed by atoms with Crippen molar-refractivity contribution < 1.29 is 0 Å². The maximum absolute atomic E-state index is 6.18. The first kappa shape index (κ1) is 16.8. The Hall–Kier alpha value is -1.70. The Morgan fingerprint density at radius 2 is 2.20 bits per heavy atom. The van der Waals surface area contributed by atoms with Gasteiger partial charge in [-0.15, -0.1) is 11.3 Å². The second kappa shape index (κ2) is 6.90. The quantitative estimate of drug-likeness (QED) is 0.883. The predicted molar refractivity (Wildman–Crippen MR) is 107 cm³/mol. The van der Waals surface area contributed by atoms with Crippen molar-refractivity contribution in [3.05, 3.63) is 16.5 Å². The summed E-state index contributed by atoms with van der Waals surface area (Å²) >= 11 is 1.68. The molecule has 7 heteroatoms.